The number of benzene rings is 2. The Morgan fingerprint density at radius 1 is 1.05 bits per heavy atom. The predicted molar refractivity (Wildman–Crippen MR) is 131 cm³/mol. The number of carbonyl (C=O) groups is 2. The number of likely N-dealkylation sites (tertiary alicyclic amines) is 1. The fraction of sp³-hybridized carbons (Fsp3) is 0.391. The number of nitro benzene ring substituents is 2. The van der Waals surface area contributed by atoms with Crippen LogP contribution in [-0.2, 0) is 11.3 Å². The largest absolute Gasteiger partial charge is 0.454 e. The zero-order valence-corrected chi connectivity index (χ0v) is 20.3. The minimum atomic E-state index is -0.758. The van der Waals surface area contributed by atoms with Crippen LogP contribution in [0.5, 0.6) is 11.5 Å². The van der Waals surface area contributed by atoms with Crippen molar-refractivity contribution in [1.82, 2.24) is 15.5 Å². The number of nitro groups is 2. The lowest BCUT2D eigenvalue weighted by molar-refractivity contribution is -0.394. The third kappa shape index (κ3) is 5.15. The number of carbonyl (C=O) groups excluding carboxylic acids is 2. The number of non-ortho nitro benzene ring substituents is 2. The third-order valence-electron chi connectivity index (χ3n) is 6.61. The first-order valence-corrected chi connectivity index (χ1v) is 12.5. The van der Waals surface area contributed by atoms with Gasteiger partial charge in [-0.25, -0.2) is 0 Å². The highest BCUT2D eigenvalue weighted by Crippen LogP contribution is 2.40. The molecule has 2 aromatic rings. The molecule has 3 heterocycles. The van der Waals surface area contributed by atoms with Crippen molar-refractivity contribution in [2.45, 2.75) is 30.3 Å². The first kappa shape index (κ1) is 24.8. The van der Waals surface area contributed by atoms with Crippen molar-refractivity contribution in [2.75, 3.05) is 25.6 Å². The summed E-state index contributed by atoms with van der Waals surface area (Å²) in [6.07, 6.45) is 1.12. The third-order valence-corrected chi connectivity index (χ3v) is 8.19. The first-order valence-electron chi connectivity index (χ1n) is 11.5. The van der Waals surface area contributed by atoms with Crippen LogP contribution in [0.2, 0.25) is 0 Å². The highest BCUT2D eigenvalue weighted by Gasteiger charge is 2.44. The molecule has 2 saturated heterocycles. The maximum absolute atomic E-state index is 13.0. The van der Waals surface area contributed by atoms with Crippen molar-refractivity contribution in [3.63, 3.8) is 0 Å². The minimum Gasteiger partial charge on any atom is -0.454 e. The summed E-state index contributed by atoms with van der Waals surface area (Å²) < 4.78 is 10.7. The maximum Gasteiger partial charge on any atom is 0.277 e. The summed E-state index contributed by atoms with van der Waals surface area (Å²) in [4.78, 5) is 47.7. The van der Waals surface area contributed by atoms with Gasteiger partial charge in [-0.3, -0.25) is 35.1 Å². The predicted octanol–water partition coefficient (Wildman–Crippen LogP) is 2.19. The van der Waals surface area contributed by atoms with Crippen LogP contribution < -0.4 is 20.1 Å². The van der Waals surface area contributed by atoms with Gasteiger partial charge in [-0.2, -0.15) is 0 Å². The fourth-order valence-corrected chi connectivity index (χ4v) is 6.04. The van der Waals surface area contributed by atoms with Gasteiger partial charge in [0, 0.05) is 37.5 Å². The lowest BCUT2D eigenvalue weighted by Gasteiger charge is -2.39. The van der Waals surface area contributed by atoms with E-state index in [0.717, 1.165) is 23.8 Å². The van der Waals surface area contributed by atoms with E-state index in [2.05, 4.69) is 10.6 Å². The number of thioether (sulfide) groups is 1. The number of nitrogens with one attached hydrogen (secondary N) is 2. The molecule has 37 heavy (non-hydrogen) atoms. The SMILES string of the molecule is O=C(NCc1ccc2c(c1)OCO2)C1CSC2(CCN(C(=O)c3cc([N+](=O)[O-])cc([N+](=O)[O-])c3)CC2)N1. The molecule has 2 amide bonds. The van der Waals surface area contributed by atoms with E-state index in [1.165, 1.54) is 4.90 Å². The molecule has 1 spiro atoms. The average molecular weight is 530 g/mol. The van der Waals surface area contributed by atoms with E-state index >= 15 is 0 Å². The molecule has 2 aromatic carbocycles. The van der Waals surface area contributed by atoms with E-state index in [0.29, 0.717) is 49.7 Å². The van der Waals surface area contributed by atoms with Crippen molar-refractivity contribution >= 4 is 35.0 Å². The number of ether oxygens (including phenoxy) is 2. The summed E-state index contributed by atoms with van der Waals surface area (Å²) in [6.45, 7) is 1.23. The van der Waals surface area contributed by atoms with Crippen LogP contribution in [0.4, 0.5) is 11.4 Å². The second-order valence-corrected chi connectivity index (χ2v) is 10.4. The van der Waals surface area contributed by atoms with E-state index in [-0.39, 0.29) is 29.2 Å². The zero-order valence-electron chi connectivity index (χ0n) is 19.5. The van der Waals surface area contributed by atoms with Gasteiger partial charge in [-0.1, -0.05) is 6.07 Å². The molecule has 194 valence electrons. The number of amides is 2. The second kappa shape index (κ2) is 9.86. The Kier molecular flexibility index (Phi) is 6.60. The molecule has 0 bridgehead atoms. The summed E-state index contributed by atoms with van der Waals surface area (Å²) in [5.74, 6) is 1.30. The Labute approximate surface area is 214 Å². The summed E-state index contributed by atoms with van der Waals surface area (Å²) in [5.41, 5.74) is -0.210. The number of hydrogen-bond donors (Lipinski definition) is 2. The minimum absolute atomic E-state index is 0.0929. The molecular formula is C23H23N5O8S. The maximum atomic E-state index is 13.0. The Bertz CT molecular complexity index is 1250. The normalized spacial score (nSPS) is 19.6. The zero-order chi connectivity index (χ0) is 26.2. The molecule has 0 radical (unpaired) electrons. The van der Waals surface area contributed by atoms with Gasteiger partial charge >= 0.3 is 0 Å². The van der Waals surface area contributed by atoms with Crippen molar-refractivity contribution in [3.05, 3.63) is 67.8 Å². The molecule has 3 aliphatic rings. The van der Waals surface area contributed by atoms with E-state index < -0.39 is 27.1 Å². The Morgan fingerprint density at radius 2 is 1.73 bits per heavy atom. The summed E-state index contributed by atoms with van der Waals surface area (Å²) >= 11 is 1.64. The lowest BCUT2D eigenvalue weighted by Crippen LogP contribution is -2.54. The lowest BCUT2D eigenvalue weighted by atomic mass is 10.0. The smallest absolute Gasteiger partial charge is 0.277 e. The van der Waals surface area contributed by atoms with E-state index in [1.54, 1.807) is 11.8 Å². The summed E-state index contributed by atoms with van der Waals surface area (Å²) in [7, 11) is 0. The van der Waals surface area contributed by atoms with Crippen molar-refractivity contribution in [3.8, 4) is 11.5 Å². The highest BCUT2D eigenvalue weighted by atomic mass is 32.2. The van der Waals surface area contributed by atoms with Crippen molar-refractivity contribution < 1.29 is 28.9 Å². The molecule has 2 N–H and O–H groups in total. The van der Waals surface area contributed by atoms with Gasteiger partial charge in [0.1, 0.15) is 0 Å². The van der Waals surface area contributed by atoms with Crippen LogP contribution in [0.15, 0.2) is 36.4 Å². The number of fused-ring (bicyclic) bond motifs is 1. The van der Waals surface area contributed by atoms with Crippen LogP contribution in [0.1, 0.15) is 28.8 Å². The Hall–Kier alpha value is -3.91. The highest BCUT2D eigenvalue weighted by molar-refractivity contribution is 8.01. The van der Waals surface area contributed by atoms with Gasteiger partial charge in [0.05, 0.1) is 32.4 Å². The quantitative estimate of drug-likeness (QED) is 0.418. The van der Waals surface area contributed by atoms with E-state index in [4.69, 9.17) is 9.47 Å². The molecule has 0 aromatic heterocycles. The van der Waals surface area contributed by atoms with Crippen molar-refractivity contribution in [2.24, 2.45) is 0 Å². The molecular weight excluding hydrogens is 506 g/mol. The molecule has 2 fully saturated rings. The van der Waals surface area contributed by atoms with E-state index in [9.17, 15) is 29.8 Å². The average Bonchev–Trinajstić information content (AvgIpc) is 3.54. The number of hydrogen-bond acceptors (Lipinski definition) is 10. The standard InChI is InChI=1S/C23H23N5O8S/c29-21(24-11-14-1-2-19-20(7-14)36-13-35-19)18-12-37-23(25-18)3-5-26(6-4-23)22(30)15-8-16(27(31)32)10-17(9-15)28(33)34/h1-2,7-10,18,25H,3-6,11-13H2,(H,24,29). The Balaban J connectivity index is 1.16. The number of rotatable bonds is 6. The Morgan fingerprint density at radius 3 is 2.41 bits per heavy atom. The van der Waals surface area contributed by atoms with Crippen LogP contribution in [0, 0.1) is 20.2 Å². The molecule has 5 rings (SSSR count). The summed E-state index contributed by atoms with van der Waals surface area (Å²) in [6, 6.07) is 8.08. The molecule has 0 aliphatic carbocycles. The number of nitrogens with zero attached hydrogens (tertiary/aromatic N) is 3. The summed E-state index contributed by atoms with van der Waals surface area (Å²) in [5, 5.41) is 28.7. The van der Waals surface area contributed by atoms with Crippen molar-refractivity contribution in [1.29, 1.82) is 0 Å². The molecule has 13 nitrogen and oxygen atoms in total. The molecule has 3 aliphatic heterocycles. The van der Waals surface area contributed by atoms with Gasteiger partial charge in [0.15, 0.2) is 11.5 Å². The second-order valence-electron chi connectivity index (χ2n) is 8.95. The van der Waals surface area contributed by atoms with Gasteiger partial charge in [0.2, 0.25) is 12.7 Å². The topological polar surface area (TPSA) is 166 Å². The van der Waals surface area contributed by atoms with Gasteiger partial charge in [-0.15, -0.1) is 11.8 Å². The molecule has 1 unspecified atom stereocenters. The first-order chi connectivity index (χ1) is 17.7. The number of piperidine rings is 1. The van der Waals surface area contributed by atoms with Crippen LogP contribution in [-0.4, -0.2) is 63.1 Å². The van der Waals surface area contributed by atoms with Gasteiger partial charge in [0.25, 0.3) is 17.3 Å². The molecule has 0 saturated carbocycles. The van der Waals surface area contributed by atoms with Gasteiger partial charge < -0.3 is 19.7 Å². The monoisotopic (exact) mass is 529 g/mol. The van der Waals surface area contributed by atoms with Crippen LogP contribution in [0.25, 0.3) is 0 Å². The van der Waals surface area contributed by atoms with E-state index in [1.807, 2.05) is 18.2 Å². The molecule has 1 atom stereocenters. The fourth-order valence-electron chi connectivity index (χ4n) is 4.62. The van der Waals surface area contributed by atoms with Crippen LogP contribution in [0.3, 0.4) is 0 Å². The molecule has 14 heteroatoms. The van der Waals surface area contributed by atoms with Crippen LogP contribution >= 0.6 is 11.8 Å². The van der Waals surface area contributed by atoms with Gasteiger partial charge in [-0.05, 0) is 30.5 Å².